The molecule has 1 saturated heterocycles. The highest BCUT2D eigenvalue weighted by Gasteiger charge is 2.38. The van der Waals surface area contributed by atoms with Crippen LogP contribution in [0.3, 0.4) is 0 Å². The summed E-state index contributed by atoms with van der Waals surface area (Å²) in [6.45, 7) is 8.16. The molecule has 2 aliphatic rings. The Morgan fingerprint density at radius 3 is 2.72 bits per heavy atom. The van der Waals surface area contributed by atoms with Crippen LogP contribution in [0.15, 0.2) is 11.2 Å². The minimum Gasteiger partial charge on any atom is -0.379 e. The van der Waals surface area contributed by atoms with Crippen LogP contribution in [-0.4, -0.2) is 74.5 Å². The number of aryl methyl sites for hydroxylation is 2. The Kier molecular flexibility index (Phi) is 6.36. The topological polar surface area (TPSA) is 84.7 Å². The standard InChI is InChI=1S/C20H30N6O2S/c1-15-12-16(2)26-18(22-15)23-24-19(26)29-13-17(27)21-14-20(6-4-3-5-7-20)25-8-10-28-11-9-25/h12H,3-11,13-14H2,1-2H3,(H,21,27). The van der Waals surface area contributed by atoms with Crippen LogP contribution in [0, 0.1) is 13.8 Å². The number of fused-ring (bicyclic) bond motifs is 1. The van der Waals surface area contributed by atoms with E-state index in [1.165, 1.54) is 31.0 Å². The van der Waals surface area contributed by atoms with Crippen molar-refractivity contribution in [3.63, 3.8) is 0 Å². The monoisotopic (exact) mass is 418 g/mol. The third-order valence-corrected chi connectivity index (χ3v) is 7.01. The number of rotatable bonds is 6. The van der Waals surface area contributed by atoms with Crippen LogP contribution in [0.4, 0.5) is 0 Å². The summed E-state index contributed by atoms with van der Waals surface area (Å²) in [6, 6.07) is 2.00. The van der Waals surface area contributed by atoms with Gasteiger partial charge in [0.2, 0.25) is 5.91 Å². The van der Waals surface area contributed by atoms with Crippen molar-refractivity contribution in [2.24, 2.45) is 0 Å². The quantitative estimate of drug-likeness (QED) is 0.718. The number of morpholine rings is 1. The zero-order chi connectivity index (χ0) is 20.3. The van der Waals surface area contributed by atoms with Crippen LogP contribution in [0.1, 0.15) is 43.5 Å². The Morgan fingerprint density at radius 2 is 1.97 bits per heavy atom. The molecule has 2 aromatic rings. The lowest BCUT2D eigenvalue weighted by Gasteiger charge is -2.48. The second-order valence-corrected chi connectivity index (χ2v) is 9.05. The lowest BCUT2D eigenvalue weighted by atomic mass is 9.79. The van der Waals surface area contributed by atoms with Gasteiger partial charge in [-0.05, 0) is 32.8 Å². The Hall–Kier alpha value is -1.71. The molecule has 3 heterocycles. The molecule has 9 heteroatoms. The van der Waals surface area contributed by atoms with E-state index in [9.17, 15) is 4.79 Å². The normalized spacial score (nSPS) is 20.1. The third-order valence-electron chi connectivity index (χ3n) is 6.08. The lowest BCUT2D eigenvalue weighted by molar-refractivity contribution is -0.119. The molecule has 1 aliphatic heterocycles. The molecule has 2 aromatic heterocycles. The number of hydrogen-bond acceptors (Lipinski definition) is 7. The number of amides is 1. The summed E-state index contributed by atoms with van der Waals surface area (Å²) in [5.74, 6) is 0.953. The van der Waals surface area contributed by atoms with Gasteiger partial charge in [0.15, 0.2) is 5.16 Å². The molecule has 158 valence electrons. The second kappa shape index (κ2) is 8.97. The van der Waals surface area contributed by atoms with E-state index >= 15 is 0 Å². The Morgan fingerprint density at radius 1 is 1.21 bits per heavy atom. The first kappa shape index (κ1) is 20.6. The smallest absolute Gasteiger partial charge is 0.256 e. The maximum atomic E-state index is 12.6. The molecule has 0 aromatic carbocycles. The van der Waals surface area contributed by atoms with Gasteiger partial charge in [-0.2, -0.15) is 0 Å². The summed E-state index contributed by atoms with van der Waals surface area (Å²) in [6.07, 6.45) is 6.07. The highest BCUT2D eigenvalue weighted by Crippen LogP contribution is 2.34. The molecule has 1 saturated carbocycles. The summed E-state index contributed by atoms with van der Waals surface area (Å²) in [5, 5.41) is 12.3. The van der Waals surface area contributed by atoms with Crippen LogP contribution < -0.4 is 5.32 Å². The number of nitrogens with zero attached hydrogens (tertiary/aromatic N) is 5. The summed E-state index contributed by atoms with van der Waals surface area (Å²) in [4.78, 5) is 19.6. The van der Waals surface area contributed by atoms with Crippen molar-refractivity contribution in [1.29, 1.82) is 0 Å². The highest BCUT2D eigenvalue weighted by molar-refractivity contribution is 7.99. The van der Waals surface area contributed by atoms with Gasteiger partial charge in [-0.25, -0.2) is 4.98 Å². The molecule has 2 fully saturated rings. The van der Waals surface area contributed by atoms with E-state index in [4.69, 9.17) is 4.74 Å². The highest BCUT2D eigenvalue weighted by atomic mass is 32.2. The van der Waals surface area contributed by atoms with Crippen LogP contribution in [0.2, 0.25) is 0 Å². The Labute approximate surface area is 175 Å². The molecule has 0 bridgehead atoms. The predicted octanol–water partition coefficient (Wildman–Crippen LogP) is 1.98. The molecule has 0 atom stereocenters. The average molecular weight is 419 g/mol. The van der Waals surface area contributed by atoms with Crippen molar-refractivity contribution in [3.05, 3.63) is 17.5 Å². The molecule has 29 heavy (non-hydrogen) atoms. The summed E-state index contributed by atoms with van der Waals surface area (Å²) in [5.41, 5.74) is 2.02. The summed E-state index contributed by atoms with van der Waals surface area (Å²) >= 11 is 1.41. The molecule has 1 amide bonds. The molecule has 4 rings (SSSR count). The fraction of sp³-hybridized carbons (Fsp3) is 0.700. The van der Waals surface area contributed by atoms with Gasteiger partial charge in [-0.15, -0.1) is 10.2 Å². The van der Waals surface area contributed by atoms with Crippen LogP contribution >= 0.6 is 11.8 Å². The van der Waals surface area contributed by atoms with E-state index in [1.54, 1.807) is 0 Å². The summed E-state index contributed by atoms with van der Waals surface area (Å²) < 4.78 is 7.44. The van der Waals surface area contributed by atoms with Gasteiger partial charge < -0.3 is 10.1 Å². The number of ether oxygens (including phenoxy) is 1. The molecule has 1 N–H and O–H groups in total. The molecule has 8 nitrogen and oxygen atoms in total. The van der Waals surface area contributed by atoms with Gasteiger partial charge in [0.25, 0.3) is 5.78 Å². The zero-order valence-corrected chi connectivity index (χ0v) is 18.1. The van der Waals surface area contributed by atoms with Gasteiger partial charge in [-0.3, -0.25) is 14.1 Å². The third kappa shape index (κ3) is 4.57. The predicted molar refractivity (Wildman–Crippen MR) is 112 cm³/mol. The Balaban J connectivity index is 1.36. The molecular formula is C20H30N6O2S. The number of nitrogens with one attached hydrogen (secondary N) is 1. The molecule has 0 radical (unpaired) electrons. The van der Waals surface area contributed by atoms with E-state index in [2.05, 4.69) is 25.4 Å². The summed E-state index contributed by atoms with van der Waals surface area (Å²) in [7, 11) is 0. The minimum atomic E-state index is 0.0441. The van der Waals surface area contributed by atoms with Gasteiger partial charge in [0, 0.05) is 36.6 Å². The Bertz CT molecular complexity index is 858. The number of thioether (sulfide) groups is 1. The fourth-order valence-corrected chi connectivity index (χ4v) is 5.41. The van der Waals surface area contributed by atoms with Crippen molar-refractivity contribution in [2.75, 3.05) is 38.6 Å². The number of aromatic nitrogens is 4. The van der Waals surface area contributed by atoms with Crippen LogP contribution in [0.5, 0.6) is 0 Å². The van der Waals surface area contributed by atoms with Crippen molar-refractivity contribution < 1.29 is 9.53 Å². The number of carbonyl (C=O) groups excluding carboxylic acids is 1. The van der Waals surface area contributed by atoms with Gasteiger partial charge in [-0.1, -0.05) is 31.0 Å². The maximum absolute atomic E-state index is 12.6. The van der Waals surface area contributed by atoms with Gasteiger partial charge >= 0.3 is 0 Å². The maximum Gasteiger partial charge on any atom is 0.256 e. The van der Waals surface area contributed by atoms with Crippen molar-refractivity contribution in [2.45, 2.75) is 56.6 Å². The van der Waals surface area contributed by atoms with Crippen molar-refractivity contribution in [3.8, 4) is 0 Å². The molecule has 0 spiro atoms. The first-order chi connectivity index (χ1) is 14.1. The van der Waals surface area contributed by atoms with Crippen molar-refractivity contribution >= 4 is 23.4 Å². The fourth-order valence-electron chi connectivity index (χ4n) is 4.59. The molecule has 0 unspecified atom stereocenters. The van der Waals surface area contributed by atoms with Crippen LogP contribution in [0.25, 0.3) is 5.78 Å². The first-order valence-corrected chi connectivity index (χ1v) is 11.5. The van der Waals surface area contributed by atoms with Gasteiger partial charge in [0.1, 0.15) is 0 Å². The largest absolute Gasteiger partial charge is 0.379 e. The first-order valence-electron chi connectivity index (χ1n) is 10.5. The molecular weight excluding hydrogens is 388 g/mol. The van der Waals surface area contributed by atoms with Gasteiger partial charge in [0.05, 0.1) is 19.0 Å². The van der Waals surface area contributed by atoms with Crippen molar-refractivity contribution in [1.82, 2.24) is 29.8 Å². The molecule has 1 aliphatic carbocycles. The number of carbonyl (C=O) groups is 1. The second-order valence-electron chi connectivity index (χ2n) is 8.11. The van der Waals surface area contributed by atoms with E-state index in [-0.39, 0.29) is 11.4 Å². The number of hydrogen-bond donors (Lipinski definition) is 1. The average Bonchev–Trinajstić information content (AvgIpc) is 3.15. The van der Waals surface area contributed by atoms with E-state index in [0.717, 1.165) is 50.5 Å². The SMILES string of the molecule is Cc1cc(C)n2c(SCC(=O)NCC3(N4CCOCC4)CCCCC3)nnc2n1. The zero-order valence-electron chi connectivity index (χ0n) is 17.3. The van der Waals surface area contributed by atoms with E-state index in [0.29, 0.717) is 23.2 Å². The van der Waals surface area contributed by atoms with E-state index in [1.807, 2.05) is 24.3 Å². The van der Waals surface area contributed by atoms with Crippen LogP contribution in [-0.2, 0) is 9.53 Å². The minimum absolute atomic E-state index is 0.0441. The lowest BCUT2D eigenvalue weighted by Crippen LogP contribution is -2.59. The van der Waals surface area contributed by atoms with E-state index < -0.39 is 0 Å².